The monoisotopic (exact) mass is 487 g/mol. The molecular weight excluding hydrogens is 466 g/mol. The van der Waals surface area contributed by atoms with Crippen LogP contribution in [0.3, 0.4) is 0 Å². The van der Waals surface area contributed by atoms with Gasteiger partial charge in [0.15, 0.2) is 5.82 Å². The van der Waals surface area contributed by atoms with Gasteiger partial charge in [-0.3, -0.25) is 4.57 Å². The van der Waals surface area contributed by atoms with E-state index >= 15 is 0 Å². The molecule has 4 heterocycles. The molecule has 0 aliphatic carbocycles. The van der Waals surface area contributed by atoms with Gasteiger partial charge in [0, 0.05) is 28.1 Å². The maximum atomic E-state index is 4.93. The SMILES string of the molecule is c1ccc(-c2ncnc(-c3ccccc3)c2N2c3cccnc3-n3c4ccccc4c4cccc2c43)cc1. The van der Waals surface area contributed by atoms with E-state index in [-0.39, 0.29) is 0 Å². The Bertz CT molecular complexity index is 1920. The number of aromatic nitrogens is 4. The highest BCUT2D eigenvalue weighted by Gasteiger charge is 2.32. The third-order valence-corrected chi connectivity index (χ3v) is 7.27. The van der Waals surface area contributed by atoms with Crippen LogP contribution in [-0.4, -0.2) is 19.5 Å². The fraction of sp³-hybridized carbons (Fsp3) is 0. The van der Waals surface area contributed by atoms with Crippen molar-refractivity contribution >= 4 is 38.9 Å². The van der Waals surface area contributed by atoms with Gasteiger partial charge in [-0.2, -0.15) is 0 Å². The highest BCUT2D eigenvalue weighted by molar-refractivity contribution is 6.17. The zero-order valence-corrected chi connectivity index (χ0v) is 20.4. The first-order chi connectivity index (χ1) is 18.9. The standard InChI is InChI=1S/C33H21N5/c1-3-11-22(12-4-1)29-32(30(36-21-35-29)23-13-5-2-6-14-23)37-27-18-9-16-25-24-15-7-8-17-26(24)38(31(25)27)33-28(37)19-10-20-34-33/h1-21H. The lowest BCUT2D eigenvalue weighted by atomic mass is 10.0. The molecule has 0 fully saturated rings. The summed E-state index contributed by atoms with van der Waals surface area (Å²) in [6, 6.07) is 39.9. The van der Waals surface area contributed by atoms with Crippen molar-refractivity contribution in [2.75, 3.05) is 4.90 Å². The number of hydrogen-bond donors (Lipinski definition) is 0. The van der Waals surface area contributed by atoms with Gasteiger partial charge in [-0.25, -0.2) is 15.0 Å². The number of rotatable bonds is 3. The molecule has 1 aliphatic rings. The molecule has 0 bridgehead atoms. The van der Waals surface area contributed by atoms with Gasteiger partial charge in [0.25, 0.3) is 0 Å². The Balaban J connectivity index is 1.55. The molecule has 178 valence electrons. The van der Waals surface area contributed by atoms with Gasteiger partial charge in [0.1, 0.15) is 6.33 Å². The molecule has 0 spiro atoms. The van der Waals surface area contributed by atoms with Crippen LogP contribution in [0.25, 0.3) is 50.1 Å². The molecule has 0 saturated heterocycles. The molecular formula is C33H21N5. The van der Waals surface area contributed by atoms with Crippen molar-refractivity contribution in [1.29, 1.82) is 0 Å². The zero-order valence-electron chi connectivity index (χ0n) is 20.4. The quantitative estimate of drug-likeness (QED) is 0.253. The highest BCUT2D eigenvalue weighted by atomic mass is 15.3. The molecule has 0 unspecified atom stereocenters. The van der Waals surface area contributed by atoms with Gasteiger partial charge in [-0.05, 0) is 24.3 Å². The number of hydrogen-bond acceptors (Lipinski definition) is 4. The third kappa shape index (κ3) is 2.90. The Morgan fingerprint density at radius 2 is 1.13 bits per heavy atom. The minimum absolute atomic E-state index is 0.871. The zero-order chi connectivity index (χ0) is 25.1. The number of benzene rings is 4. The van der Waals surface area contributed by atoms with Crippen LogP contribution in [0.2, 0.25) is 0 Å². The van der Waals surface area contributed by atoms with Crippen molar-refractivity contribution < 1.29 is 0 Å². The molecule has 5 heteroatoms. The second-order valence-electron chi connectivity index (χ2n) is 9.36. The van der Waals surface area contributed by atoms with Crippen LogP contribution >= 0.6 is 0 Å². The van der Waals surface area contributed by atoms with E-state index in [0.29, 0.717) is 0 Å². The fourth-order valence-corrected chi connectivity index (χ4v) is 5.71. The molecule has 5 nitrogen and oxygen atoms in total. The Morgan fingerprint density at radius 1 is 0.500 bits per heavy atom. The molecule has 38 heavy (non-hydrogen) atoms. The summed E-state index contributed by atoms with van der Waals surface area (Å²) in [4.78, 5) is 17.0. The minimum atomic E-state index is 0.871. The van der Waals surface area contributed by atoms with Gasteiger partial charge < -0.3 is 4.90 Å². The van der Waals surface area contributed by atoms with E-state index in [0.717, 1.165) is 56.4 Å². The molecule has 0 N–H and O–H groups in total. The Kier molecular flexibility index (Phi) is 4.45. The average molecular weight is 488 g/mol. The lowest BCUT2D eigenvalue weighted by Crippen LogP contribution is -2.21. The molecule has 0 amide bonds. The smallest absolute Gasteiger partial charge is 0.162 e. The summed E-state index contributed by atoms with van der Waals surface area (Å²) < 4.78 is 2.29. The molecule has 1 aliphatic heterocycles. The van der Waals surface area contributed by atoms with Crippen molar-refractivity contribution in [2.45, 2.75) is 0 Å². The number of nitrogens with zero attached hydrogens (tertiary/aromatic N) is 5. The van der Waals surface area contributed by atoms with Crippen molar-refractivity contribution in [3.05, 3.63) is 128 Å². The van der Waals surface area contributed by atoms with Crippen molar-refractivity contribution in [2.24, 2.45) is 0 Å². The molecule has 0 atom stereocenters. The van der Waals surface area contributed by atoms with Crippen LogP contribution in [0, 0.1) is 0 Å². The maximum Gasteiger partial charge on any atom is 0.162 e. The van der Waals surface area contributed by atoms with Crippen molar-refractivity contribution in [3.63, 3.8) is 0 Å². The third-order valence-electron chi connectivity index (χ3n) is 7.27. The summed E-state index contributed by atoms with van der Waals surface area (Å²) in [5, 5.41) is 2.40. The fourth-order valence-electron chi connectivity index (χ4n) is 5.71. The van der Waals surface area contributed by atoms with Gasteiger partial charge >= 0.3 is 0 Å². The van der Waals surface area contributed by atoms with Crippen LogP contribution in [0.4, 0.5) is 17.1 Å². The Hall–Kier alpha value is -5.29. The molecule has 0 radical (unpaired) electrons. The van der Waals surface area contributed by atoms with E-state index in [1.807, 2.05) is 48.7 Å². The normalized spacial score (nSPS) is 12.2. The van der Waals surface area contributed by atoms with E-state index in [1.165, 1.54) is 10.8 Å². The van der Waals surface area contributed by atoms with Crippen LogP contribution < -0.4 is 4.90 Å². The number of anilines is 3. The summed E-state index contributed by atoms with van der Waals surface area (Å²) >= 11 is 0. The molecule has 8 rings (SSSR count). The van der Waals surface area contributed by atoms with Crippen molar-refractivity contribution in [3.8, 4) is 28.3 Å². The second kappa shape index (κ2) is 8.11. The van der Waals surface area contributed by atoms with Crippen LogP contribution in [0.15, 0.2) is 128 Å². The summed E-state index contributed by atoms with van der Waals surface area (Å²) in [5.74, 6) is 0.888. The topological polar surface area (TPSA) is 46.8 Å². The predicted octanol–water partition coefficient (Wildman–Crippen LogP) is 8.09. The van der Waals surface area contributed by atoms with Gasteiger partial charge in [-0.15, -0.1) is 0 Å². The van der Waals surface area contributed by atoms with E-state index in [9.17, 15) is 0 Å². The molecule has 4 aromatic carbocycles. The minimum Gasteiger partial charge on any atom is -0.301 e. The van der Waals surface area contributed by atoms with Crippen LogP contribution in [0.5, 0.6) is 0 Å². The Morgan fingerprint density at radius 3 is 1.87 bits per heavy atom. The van der Waals surface area contributed by atoms with Crippen molar-refractivity contribution in [1.82, 2.24) is 19.5 Å². The highest BCUT2D eigenvalue weighted by Crippen LogP contribution is 2.52. The summed E-state index contributed by atoms with van der Waals surface area (Å²) in [6.07, 6.45) is 3.53. The Labute approximate surface area is 219 Å². The van der Waals surface area contributed by atoms with Gasteiger partial charge in [0.2, 0.25) is 0 Å². The van der Waals surface area contributed by atoms with Gasteiger partial charge in [0.05, 0.1) is 39.5 Å². The van der Waals surface area contributed by atoms with Gasteiger partial charge in [-0.1, -0.05) is 91.0 Å². The number of para-hydroxylation sites is 2. The first-order valence-corrected chi connectivity index (χ1v) is 12.6. The average Bonchev–Trinajstić information content (AvgIpc) is 3.34. The molecule has 7 aromatic rings. The van der Waals surface area contributed by atoms with E-state index in [1.54, 1.807) is 6.33 Å². The summed E-state index contributed by atoms with van der Waals surface area (Å²) in [5.41, 5.74) is 9.07. The lowest BCUT2D eigenvalue weighted by Gasteiger charge is -2.34. The largest absolute Gasteiger partial charge is 0.301 e. The van der Waals surface area contributed by atoms with Crippen LogP contribution in [-0.2, 0) is 0 Å². The summed E-state index contributed by atoms with van der Waals surface area (Å²) in [7, 11) is 0. The second-order valence-corrected chi connectivity index (χ2v) is 9.36. The molecule has 3 aromatic heterocycles. The number of fused-ring (bicyclic) bond motifs is 5. The van der Waals surface area contributed by atoms with E-state index in [2.05, 4.69) is 82.3 Å². The first kappa shape index (κ1) is 20.9. The van der Waals surface area contributed by atoms with E-state index < -0.39 is 0 Å². The predicted molar refractivity (Wildman–Crippen MR) is 153 cm³/mol. The first-order valence-electron chi connectivity index (χ1n) is 12.6. The summed E-state index contributed by atoms with van der Waals surface area (Å²) in [6.45, 7) is 0. The number of pyridine rings is 1. The maximum absolute atomic E-state index is 4.93. The van der Waals surface area contributed by atoms with E-state index in [4.69, 9.17) is 15.0 Å². The van der Waals surface area contributed by atoms with Crippen LogP contribution in [0.1, 0.15) is 0 Å². The molecule has 0 saturated carbocycles. The lowest BCUT2D eigenvalue weighted by molar-refractivity contribution is 1.03.